The van der Waals surface area contributed by atoms with Crippen LogP contribution in [0.4, 0.5) is 14.6 Å². The fourth-order valence-corrected chi connectivity index (χ4v) is 5.58. The van der Waals surface area contributed by atoms with Crippen LogP contribution in [0.5, 0.6) is 5.75 Å². The predicted octanol–water partition coefficient (Wildman–Crippen LogP) is 1.97. The van der Waals surface area contributed by atoms with Crippen molar-refractivity contribution < 1.29 is 37.2 Å². The number of aromatic nitrogens is 2. The molecule has 36 heavy (non-hydrogen) atoms. The lowest BCUT2D eigenvalue weighted by molar-refractivity contribution is -0.203. The molecule has 1 saturated heterocycles. The van der Waals surface area contributed by atoms with Gasteiger partial charge in [-0.1, -0.05) is 18.2 Å². The van der Waals surface area contributed by atoms with Gasteiger partial charge in [0.2, 0.25) is 0 Å². The van der Waals surface area contributed by atoms with Gasteiger partial charge >= 0.3 is 18.3 Å². The Morgan fingerprint density at radius 2 is 2.03 bits per heavy atom. The normalized spacial score (nSPS) is 26.4. The van der Waals surface area contributed by atoms with Crippen molar-refractivity contribution in [1.29, 1.82) is 0 Å². The average molecular weight is 549 g/mol. The number of ether oxygens (including phenoxy) is 2. The van der Waals surface area contributed by atoms with E-state index in [-0.39, 0.29) is 11.6 Å². The number of rotatable bonds is 10. The first-order valence-electron chi connectivity index (χ1n) is 10.8. The molecule has 2 aromatic rings. The van der Waals surface area contributed by atoms with E-state index in [1.165, 1.54) is 13.0 Å². The zero-order chi connectivity index (χ0) is 26.7. The molecule has 0 aliphatic carbocycles. The quantitative estimate of drug-likeness (QED) is 0.296. The second kappa shape index (κ2) is 11.3. The first-order chi connectivity index (χ1) is 16.8. The van der Waals surface area contributed by atoms with Crippen molar-refractivity contribution in [2.75, 3.05) is 12.3 Å². The summed E-state index contributed by atoms with van der Waals surface area (Å²) in [6.45, 7) is -0.0325. The van der Waals surface area contributed by atoms with Crippen LogP contribution in [0.25, 0.3) is 0 Å². The Balaban J connectivity index is 1.81. The minimum atomic E-state index is -3.71. The number of hydrogen-bond acceptors (Lipinski definition) is 10. The van der Waals surface area contributed by atoms with Crippen LogP contribution in [-0.2, 0) is 30.6 Å². The molecule has 0 radical (unpaired) electrons. The van der Waals surface area contributed by atoms with Crippen LogP contribution in [0.2, 0.25) is 0 Å². The molecule has 0 spiro atoms. The van der Waals surface area contributed by atoms with Gasteiger partial charge in [0.25, 0.3) is 5.85 Å². The van der Waals surface area contributed by atoms with Crippen molar-refractivity contribution >= 4 is 30.2 Å². The maximum Gasteiger partial charge on any atom is 0.351 e. The number of halogens is 2. The SMILES string of the molecule is CC(C)OC(=O)[C@@H](C)NP(=S)(OC[C@@]1(F)O[C@@H](n2ccc(N)nc2=O)[C@@H](F)[C@@H]1O)Oc1ccccc1. The lowest BCUT2D eigenvalue weighted by Crippen LogP contribution is -2.43. The van der Waals surface area contributed by atoms with Gasteiger partial charge in [0.1, 0.15) is 24.2 Å². The van der Waals surface area contributed by atoms with Gasteiger partial charge in [-0.3, -0.25) is 9.36 Å². The molecular weight excluding hydrogens is 521 g/mol. The zero-order valence-corrected chi connectivity index (χ0v) is 21.3. The van der Waals surface area contributed by atoms with Crippen LogP contribution in [0.3, 0.4) is 0 Å². The van der Waals surface area contributed by atoms with Crippen LogP contribution >= 0.6 is 6.64 Å². The molecule has 6 atom stereocenters. The molecule has 11 nitrogen and oxygen atoms in total. The Kier molecular flexibility index (Phi) is 8.80. The van der Waals surface area contributed by atoms with Crippen LogP contribution in [0, 0.1) is 0 Å². The number of carbonyl (C=O) groups is 1. The van der Waals surface area contributed by atoms with Gasteiger partial charge < -0.3 is 29.4 Å². The number of nitrogens with one attached hydrogen (secondary N) is 1. The minimum absolute atomic E-state index is 0.130. The molecule has 1 unspecified atom stereocenters. The molecule has 198 valence electrons. The number of nitrogen functional groups attached to an aromatic ring is 1. The number of nitrogens with two attached hydrogens (primary N) is 1. The van der Waals surface area contributed by atoms with Gasteiger partial charge in [-0.25, -0.2) is 18.7 Å². The largest absolute Gasteiger partial charge is 0.462 e. The molecule has 2 heterocycles. The van der Waals surface area contributed by atoms with Crippen molar-refractivity contribution in [3.05, 3.63) is 53.1 Å². The molecule has 3 rings (SSSR count). The molecule has 1 fully saturated rings. The van der Waals surface area contributed by atoms with E-state index < -0.39 is 61.4 Å². The molecular formula is C21H27F2N4O7PS. The summed E-state index contributed by atoms with van der Waals surface area (Å²) in [6, 6.07) is 8.32. The maximum absolute atomic E-state index is 15.6. The van der Waals surface area contributed by atoms with E-state index in [4.69, 9.17) is 36.1 Å². The van der Waals surface area contributed by atoms with Gasteiger partial charge in [0.05, 0.1) is 6.10 Å². The number of alkyl halides is 2. The highest BCUT2D eigenvalue weighted by Crippen LogP contribution is 2.48. The van der Waals surface area contributed by atoms with E-state index in [0.29, 0.717) is 4.57 Å². The van der Waals surface area contributed by atoms with Crippen molar-refractivity contribution in [3.63, 3.8) is 0 Å². The molecule has 1 aliphatic heterocycles. The van der Waals surface area contributed by atoms with E-state index in [9.17, 15) is 19.1 Å². The Hall–Kier alpha value is -2.48. The number of carbonyl (C=O) groups excluding carboxylic acids is 1. The summed E-state index contributed by atoms with van der Waals surface area (Å²) in [6.07, 6.45) is -5.91. The van der Waals surface area contributed by atoms with Crippen molar-refractivity contribution in [1.82, 2.24) is 14.6 Å². The Labute approximate surface area is 210 Å². The van der Waals surface area contributed by atoms with E-state index in [2.05, 4.69) is 10.1 Å². The molecule has 0 bridgehead atoms. The summed E-state index contributed by atoms with van der Waals surface area (Å²) in [5.74, 6) is -3.67. The summed E-state index contributed by atoms with van der Waals surface area (Å²) in [5, 5.41) is 13.0. The van der Waals surface area contributed by atoms with Crippen molar-refractivity contribution in [3.8, 4) is 5.75 Å². The number of esters is 1. The molecule has 1 aromatic carbocycles. The molecule has 1 aliphatic rings. The average Bonchev–Trinajstić information content (AvgIpc) is 3.02. The lowest BCUT2D eigenvalue weighted by Gasteiger charge is -2.30. The Morgan fingerprint density at radius 1 is 1.36 bits per heavy atom. The smallest absolute Gasteiger partial charge is 0.351 e. The number of para-hydroxylation sites is 1. The summed E-state index contributed by atoms with van der Waals surface area (Å²) >= 11 is 5.47. The van der Waals surface area contributed by atoms with Crippen LogP contribution in [0.15, 0.2) is 47.4 Å². The maximum atomic E-state index is 15.6. The Morgan fingerprint density at radius 3 is 2.64 bits per heavy atom. The zero-order valence-electron chi connectivity index (χ0n) is 19.6. The van der Waals surface area contributed by atoms with Crippen LogP contribution in [0.1, 0.15) is 27.0 Å². The Bertz CT molecular complexity index is 1170. The minimum Gasteiger partial charge on any atom is -0.462 e. The van der Waals surface area contributed by atoms with Gasteiger partial charge in [0, 0.05) is 6.20 Å². The number of aliphatic hydroxyl groups excluding tert-OH is 1. The highest BCUT2D eigenvalue weighted by Gasteiger charge is 2.58. The highest BCUT2D eigenvalue weighted by atomic mass is 32.5. The van der Waals surface area contributed by atoms with Gasteiger partial charge in [0.15, 0.2) is 18.5 Å². The van der Waals surface area contributed by atoms with Crippen LogP contribution < -0.4 is 21.0 Å². The lowest BCUT2D eigenvalue weighted by atomic mass is 10.1. The number of hydrogen-bond donors (Lipinski definition) is 3. The van der Waals surface area contributed by atoms with E-state index in [0.717, 1.165) is 6.20 Å². The van der Waals surface area contributed by atoms with Gasteiger partial charge in [-0.15, -0.1) is 0 Å². The number of anilines is 1. The number of nitrogens with zero attached hydrogens (tertiary/aromatic N) is 2. The number of aliphatic hydroxyl groups is 1. The fourth-order valence-electron chi connectivity index (χ4n) is 3.19. The topological polar surface area (TPSA) is 147 Å². The second-order valence-electron chi connectivity index (χ2n) is 8.24. The van der Waals surface area contributed by atoms with Crippen molar-refractivity contribution in [2.24, 2.45) is 0 Å². The predicted molar refractivity (Wildman–Crippen MR) is 129 cm³/mol. The monoisotopic (exact) mass is 548 g/mol. The number of benzene rings is 1. The molecule has 1 aromatic heterocycles. The first-order valence-corrected chi connectivity index (χ1v) is 13.5. The molecule has 15 heteroatoms. The standard InChI is InChI=1S/C21H27F2N4O7PS/c1-12(2)32-19(29)13(3)26-35(36,34-14-7-5-4-6-8-14)31-11-21(23)17(28)16(22)18(33-21)27-10-9-15(24)25-20(27)30/h4-10,12-13,16-18,28H,11H2,1-3H3,(H,26,36)(H2,24,25,30)/t13-,16+,17+,18-,21-,35?/m1/s1. The van der Waals surface area contributed by atoms with E-state index >= 15 is 4.39 Å². The second-order valence-corrected chi connectivity index (χ2v) is 11.4. The van der Waals surface area contributed by atoms with Crippen LogP contribution in [-0.4, -0.2) is 57.5 Å². The molecule has 0 saturated carbocycles. The van der Waals surface area contributed by atoms with Crippen molar-refractivity contribution in [2.45, 2.75) is 57.3 Å². The first kappa shape index (κ1) is 28.1. The third kappa shape index (κ3) is 6.64. The third-order valence-corrected chi connectivity index (χ3v) is 7.40. The molecule has 4 N–H and O–H groups in total. The summed E-state index contributed by atoms with van der Waals surface area (Å²) in [4.78, 5) is 27.8. The highest BCUT2D eigenvalue weighted by molar-refractivity contribution is 8.09. The summed E-state index contributed by atoms with van der Waals surface area (Å²) < 4.78 is 52.6. The van der Waals surface area contributed by atoms with E-state index in [1.54, 1.807) is 44.2 Å². The molecule has 0 amide bonds. The van der Waals surface area contributed by atoms with Gasteiger partial charge in [-0.05, 0) is 50.8 Å². The third-order valence-electron chi connectivity index (χ3n) is 4.92. The fraction of sp³-hybridized carbons (Fsp3) is 0.476. The summed E-state index contributed by atoms with van der Waals surface area (Å²) in [5.41, 5.74) is 4.42. The van der Waals surface area contributed by atoms with Gasteiger partial charge in [-0.2, -0.15) is 4.98 Å². The van der Waals surface area contributed by atoms with E-state index in [1.807, 2.05) is 0 Å². The summed E-state index contributed by atoms with van der Waals surface area (Å²) in [7, 11) is 0.